The highest BCUT2D eigenvalue weighted by Crippen LogP contribution is 2.28. The fourth-order valence-corrected chi connectivity index (χ4v) is 2.48. The van der Waals surface area contributed by atoms with Crippen LogP contribution in [0.5, 0.6) is 0 Å². The van der Waals surface area contributed by atoms with Crippen molar-refractivity contribution in [2.24, 2.45) is 7.05 Å². The van der Waals surface area contributed by atoms with E-state index in [1.807, 2.05) is 0 Å². The average molecular weight is 346 g/mol. The number of nitrogens with zero attached hydrogens (tertiary/aromatic N) is 3. The zero-order chi connectivity index (χ0) is 14.0. The Morgan fingerprint density at radius 2 is 2.26 bits per heavy atom. The molecule has 0 saturated heterocycles. The summed E-state index contributed by atoms with van der Waals surface area (Å²) >= 11 is 4.15. The second kappa shape index (κ2) is 5.70. The SMILES string of the molecule is Cn1c(SCC(=O)O)nnc1-c1cccc(Br)c1F. The highest BCUT2D eigenvalue weighted by Gasteiger charge is 2.16. The molecule has 1 N–H and O–H groups in total. The van der Waals surface area contributed by atoms with Crippen LogP contribution in [0.25, 0.3) is 11.4 Å². The first-order chi connectivity index (χ1) is 9.00. The summed E-state index contributed by atoms with van der Waals surface area (Å²) in [6, 6.07) is 4.88. The van der Waals surface area contributed by atoms with Crippen LogP contribution in [0.4, 0.5) is 4.39 Å². The van der Waals surface area contributed by atoms with Gasteiger partial charge in [0.15, 0.2) is 11.0 Å². The van der Waals surface area contributed by atoms with E-state index in [-0.39, 0.29) is 5.75 Å². The van der Waals surface area contributed by atoms with Crippen molar-refractivity contribution >= 4 is 33.7 Å². The maximum Gasteiger partial charge on any atom is 0.313 e. The molecule has 0 spiro atoms. The van der Waals surface area contributed by atoms with E-state index >= 15 is 0 Å². The van der Waals surface area contributed by atoms with E-state index < -0.39 is 11.8 Å². The Labute approximate surface area is 121 Å². The number of aliphatic carboxylic acids is 1. The minimum absolute atomic E-state index is 0.118. The van der Waals surface area contributed by atoms with Gasteiger partial charge < -0.3 is 9.67 Å². The Hall–Kier alpha value is -1.41. The summed E-state index contributed by atoms with van der Waals surface area (Å²) in [6.07, 6.45) is 0. The Morgan fingerprint density at radius 3 is 2.95 bits per heavy atom. The number of carbonyl (C=O) groups is 1. The average Bonchev–Trinajstić information content (AvgIpc) is 2.72. The van der Waals surface area contributed by atoms with E-state index in [0.717, 1.165) is 11.8 Å². The number of hydrogen-bond acceptors (Lipinski definition) is 4. The second-order valence-electron chi connectivity index (χ2n) is 3.65. The lowest BCUT2D eigenvalue weighted by molar-refractivity contribution is -0.133. The molecule has 2 rings (SSSR count). The summed E-state index contributed by atoms with van der Waals surface area (Å²) in [5.41, 5.74) is 0.312. The lowest BCUT2D eigenvalue weighted by atomic mass is 10.2. The molecular formula is C11H9BrFN3O2S. The van der Waals surface area contributed by atoms with E-state index in [1.54, 1.807) is 29.8 Å². The summed E-state index contributed by atoms with van der Waals surface area (Å²) in [5, 5.41) is 16.8. The van der Waals surface area contributed by atoms with Crippen LogP contribution in [0, 0.1) is 5.82 Å². The van der Waals surface area contributed by atoms with Gasteiger partial charge in [-0.2, -0.15) is 0 Å². The molecule has 0 aliphatic carbocycles. The highest BCUT2D eigenvalue weighted by atomic mass is 79.9. The lowest BCUT2D eigenvalue weighted by Crippen LogP contribution is -2.01. The standard InChI is InChI=1S/C11H9BrFN3O2S/c1-16-10(6-3-2-4-7(12)9(6)13)14-15-11(16)19-5-8(17)18/h2-4H,5H2,1H3,(H,17,18). The Bertz CT molecular complexity index is 632. The number of carboxylic acid groups (broad SMARTS) is 1. The normalized spacial score (nSPS) is 10.7. The van der Waals surface area contributed by atoms with Crippen molar-refractivity contribution < 1.29 is 14.3 Å². The molecule has 5 nitrogen and oxygen atoms in total. The molecule has 0 amide bonds. The van der Waals surface area contributed by atoms with Gasteiger partial charge >= 0.3 is 5.97 Å². The van der Waals surface area contributed by atoms with Crippen molar-refractivity contribution in [1.82, 2.24) is 14.8 Å². The summed E-state index contributed by atoms with van der Waals surface area (Å²) < 4.78 is 15.9. The number of rotatable bonds is 4. The van der Waals surface area contributed by atoms with E-state index in [4.69, 9.17) is 5.11 Å². The number of aromatic nitrogens is 3. The second-order valence-corrected chi connectivity index (χ2v) is 5.45. The summed E-state index contributed by atoms with van der Waals surface area (Å²) in [6.45, 7) is 0. The first-order valence-electron chi connectivity index (χ1n) is 5.19. The molecule has 1 aromatic heterocycles. The van der Waals surface area contributed by atoms with E-state index in [0.29, 0.717) is 21.0 Å². The topological polar surface area (TPSA) is 68.0 Å². The first kappa shape index (κ1) is 14.0. The van der Waals surface area contributed by atoms with Gasteiger partial charge in [-0.3, -0.25) is 4.79 Å². The molecule has 8 heteroatoms. The van der Waals surface area contributed by atoms with Gasteiger partial charge in [-0.1, -0.05) is 17.8 Å². The Morgan fingerprint density at radius 1 is 1.53 bits per heavy atom. The highest BCUT2D eigenvalue weighted by molar-refractivity contribution is 9.10. The maximum absolute atomic E-state index is 14.0. The largest absolute Gasteiger partial charge is 0.481 e. The summed E-state index contributed by atoms with van der Waals surface area (Å²) in [7, 11) is 1.67. The third-order valence-corrected chi connectivity index (χ3v) is 3.97. The molecule has 0 radical (unpaired) electrons. The molecule has 0 atom stereocenters. The molecule has 1 heterocycles. The molecule has 0 fully saturated rings. The predicted octanol–water partition coefficient (Wildman–Crippen LogP) is 2.56. The number of hydrogen-bond donors (Lipinski definition) is 1. The number of thioether (sulfide) groups is 1. The molecule has 1 aromatic carbocycles. The number of benzene rings is 1. The molecular weight excluding hydrogens is 337 g/mol. The van der Waals surface area contributed by atoms with Crippen molar-refractivity contribution in [1.29, 1.82) is 0 Å². The smallest absolute Gasteiger partial charge is 0.313 e. The summed E-state index contributed by atoms with van der Waals surface area (Å²) in [5.74, 6) is -1.13. The maximum atomic E-state index is 14.0. The monoisotopic (exact) mass is 345 g/mol. The van der Waals surface area contributed by atoms with Crippen molar-refractivity contribution in [3.8, 4) is 11.4 Å². The molecule has 0 aliphatic rings. The van der Waals surface area contributed by atoms with Gasteiger partial charge in [0.25, 0.3) is 0 Å². The van der Waals surface area contributed by atoms with Crippen molar-refractivity contribution in [3.05, 3.63) is 28.5 Å². The van der Waals surface area contributed by atoms with Crippen molar-refractivity contribution in [2.75, 3.05) is 5.75 Å². The van der Waals surface area contributed by atoms with Crippen LogP contribution in [0.3, 0.4) is 0 Å². The zero-order valence-electron chi connectivity index (χ0n) is 9.80. The predicted molar refractivity (Wildman–Crippen MR) is 72.5 cm³/mol. The van der Waals surface area contributed by atoms with Gasteiger partial charge in [0.05, 0.1) is 15.8 Å². The lowest BCUT2D eigenvalue weighted by Gasteiger charge is -2.05. The molecule has 2 aromatic rings. The first-order valence-corrected chi connectivity index (χ1v) is 6.97. The van der Waals surface area contributed by atoms with Gasteiger partial charge in [0, 0.05) is 7.05 Å². The Balaban J connectivity index is 2.36. The van der Waals surface area contributed by atoms with Crippen LogP contribution in [-0.4, -0.2) is 31.6 Å². The number of carboxylic acids is 1. The van der Waals surface area contributed by atoms with Crippen LogP contribution in [-0.2, 0) is 11.8 Å². The third kappa shape index (κ3) is 2.95. The quantitative estimate of drug-likeness (QED) is 0.862. The van der Waals surface area contributed by atoms with Gasteiger partial charge in [-0.25, -0.2) is 4.39 Å². The van der Waals surface area contributed by atoms with E-state index in [2.05, 4.69) is 26.1 Å². The van der Waals surface area contributed by atoms with Gasteiger partial charge in [0.1, 0.15) is 5.82 Å². The van der Waals surface area contributed by atoms with Gasteiger partial charge in [-0.05, 0) is 28.1 Å². The van der Waals surface area contributed by atoms with Crippen LogP contribution in [0.15, 0.2) is 27.8 Å². The molecule has 0 saturated carbocycles. The van der Waals surface area contributed by atoms with Crippen LogP contribution < -0.4 is 0 Å². The van der Waals surface area contributed by atoms with E-state index in [1.165, 1.54) is 0 Å². The minimum atomic E-state index is -0.941. The zero-order valence-corrected chi connectivity index (χ0v) is 12.2. The molecule has 0 unspecified atom stereocenters. The van der Waals surface area contributed by atoms with Crippen molar-refractivity contribution in [2.45, 2.75) is 5.16 Å². The van der Waals surface area contributed by atoms with Gasteiger partial charge in [0.2, 0.25) is 0 Å². The minimum Gasteiger partial charge on any atom is -0.481 e. The molecule has 19 heavy (non-hydrogen) atoms. The van der Waals surface area contributed by atoms with E-state index in [9.17, 15) is 9.18 Å². The van der Waals surface area contributed by atoms with Crippen molar-refractivity contribution in [3.63, 3.8) is 0 Å². The van der Waals surface area contributed by atoms with Gasteiger partial charge in [-0.15, -0.1) is 10.2 Å². The van der Waals surface area contributed by atoms with Crippen LogP contribution >= 0.6 is 27.7 Å². The molecule has 0 bridgehead atoms. The van der Waals surface area contributed by atoms with Crippen LogP contribution in [0.1, 0.15) is 0 Å². The molecule has 100 valence electrons. The Kier molecular flexibility index (Phi) is 4.20. The van der Waals surface area contributed by atoms with Crippen LogP contribution in [0.2, 0.25) is 0 Å². The fourth-order valence-electron chi connectivity index (χ4n) is 1.48. The number of halogens is 2. The summed E-state index contributed by atoms with van der Waals surface area (Å²) in [4.78, 5) is 10.5. The third-order valence-electron chi connectivity index (χ3n) is 2.35. The fraction of sp³-hybridized carbons (Fsp3) is 0.182. The molecule has 0 aliphatic heterocycles.